The third-order valence-corrected chi connectivity index (χ3v) is 5.16. The smallest absolute Gasteiger partial charge is 0.0351 e. The van der Waals surface area contributed by atoms with Crippen molar-refractivity contribution in [2.75, 3.05) is 0 Å². The van der Waals surface area contributed by atoms with Crippen LogP contribution < -0.4 is 0 Å². The van der Waals surface area contributed by atoms with E-state index in [1.807, 2.05) is 0 Å². The predicted molar refractivity (Wildman–Crippen MR) is 117 cm³/mol. The van der Waals surface area contributed by atoms with Gasteiger partial charge in [-0.1, -0.05) is 135 Å². The fraction of sp³-hybridized carbons (Fsp3) is 0.840. The first-order valence-corrected chi connectivity index (χ1v) is 11.6. The Balaban J connectivity index is 3.00. The molecule has 0 heterocycles. The molecule has 0 saturated heterocycles. The van der Waals surface area contributed by atoms with Crippen molar-refractivity contribution in [2.24, 2.45) is 0 Å². The minimum atomic E-state index is 1.09. The van der Waals surface area contributed by atoms with Crippen molar-refractivity contribution in [3.8, 4) is 0 Å². The van der Waals surface area contributed by atoms with Gasteiger partial charge in [-0.25, -0.2) is 0 Å². The van der Waals surface area contributed by atoms with E-state index in [-0.39, 0.29) is 0 Å². The topological polar surface area (TPSA) is 0 Å². The van der Waals surface area contributed by atoms with E-state index in [0.717, 1.165) is 12.8 Å². The molecule has 2 radical (unpaired) electrons. The molecule has 0 aliphatic carbocycles. The highest BCUT2D eigenvalue weighted by Crippen LogP contribution is 2.14. The van der Waals surface area contributed by atoms with Gasteiger partial charge in [-0.05, 0) is 25.7 Å². The number of rotatable bonds is 21. The molecule has 0 aromatic heterocycles. The van der Waals surface area contributed by atoms with Gasteiger partial charge in [0.1, 0.15) is 0 Å². The average Bonchev–Trinajstić information content (AvgIpc) is 2.63. The third kappa shape index (κ3) is 23.7. The maximum absolute atomic E-state index is 3.90. The minimum Gasteiger partial charge on any atom is -0.0885 e. The van der Waals surface area contributed by atoms with E-state index in [1.54, 1.807) is 0 Å². The van der Waals surface area contributed by atoms with Crippen molar-refractivity contribution in [1.29, 1.82) is 0 Å². The fourth-order valence-corrected chi connectivity index (χ4v) is 3.41. The molecule has 0 aromatic rings. The van der Waals surface area contributed by atoms with Gasteiger partial charge in [0.15, 0.2) is 0 Å². The van der Waals surface area contributed by atoms with Crippen LogP contribution in [0.1, 0.15) is 135 Å². The van der Waals surface area contributed by atoms with Gasteiger partial charge in [0, 0.05) is 0 Å². The van der Waals surface area contributed by atoms with Crippen LogP contribution in [0, 0.1) is 13.8 Å². The van der Waals surface area contributed by atoms with E-state index in [1.165, 1.54) is 122 Å². The zero-order chi connectivity index (χ0) is 18.3. The molecule has 0 atom stereocenters. The summed E-state index contributed by atoms with van der Waals surface area (Å²) in [5.74, 6) is 0. The molecule has 0 N–H and O–H groups in total. The molecule has 25 heavy (non-hydrogen) atoms. The average molecular weight is 349 g/mol. The van der Waals surface area contributed by atoms with Crippen LogP contribution in [0.3, 0.4) is 0 Å². The Hall–Kier alpha value is -0.260. The molecule has 0 amide bonds. The van der Waals surface area contributed by atoms with E-state index >= 15 is 0 Å². The SMILES string of the molecule is [CH2]CCCCC=CCCCCCCCCCCCCCCCCC[CH2]. The lowest BCUT2D eigenvalue weighted by Crippen LogP contribution is -1.83. The Kier molecular flexibility index (Phi) is 23.5. The highest BCUT2D eigenvalue weighted by atomic mass is 14.0. The van der Waals surface area contributed by atoms with E-state index in [9.17, 15) is 0 Å². The quantitative estimate of drug-likeness (QED) is 0.143. The van der Waals surface area contributed by atoms with Gasteiger partial charge >= 0.3 is 0 Å². The first kappa shape index (κ1) is 24.7. The summed E-state index contributed by atoms with van der Waals surface area (Å²) in [7, 11) is 0. The van der Waals surface area contributed by atoms with Crippen LogP contribution in [0.15, 0.2) is 12.2 Å². The Bertz CT molecular complexity index is 240. The van der Waals surface area contributed by atoms with Crippen LogP contribution in [-0.2, 0) is 0 Å². The lowest BCUT2D eigenvalue weighted by molar-refractivity contribution is 0.531. The highest BCUT2D eigenvalue weighted by Gasteiger charge is 1.94. The van der Waals surface area contributed by atoms with Crippen LogP contribution in [0.5, 0.6) is 0 Å². The second kappa shape index (κ2) is 23.7. The molecular weight excluding hydrogens is 300 g/mol. The summed E-state index contributed by atoms with van der Waals surface area (Å²) in [6.07, 6.45) is 33.7. The van der Waals surface area contributed by atoms with E-state index in [0.29, 0.717) is 0 Å². The molecule has 0 aliphatic heterocycles. The number of hydrogen-bond donors (Lipinski definition) is 0. The lowest BCUT2D eigenvalue weighted by atomic mass is 10.0. The molecule has 0 bridgehead atoms. The predicted octanol–water partition coefficient (Wildman–Crippen LogP) is 9.40. The van der Waals surface area contributed by atoms with Gasteiger partial charge in [-0.2, -0.15) is 0 Å². The van der Waals surface area contributed by atoms with Crippen LogP contribution in [0.25, 0.3) is 0 Å². The van der Waals surface area contributed by atoms with Crippen LogP contribution in [0.4, 0.5) is 0 Å². The summed E-state index contributed by atoms with van der Waals surface area (Å²) in [5.41, 5.74) is 0. The molecule has 0 spiro atoms. The maximum Gasteiger partial charge on any atom is -0.0351 e. The van der Waals surface area contributed by atoms with Crippen LogP contribution in [0.2, 0.25) is 0 Å². The van der Waals surface area contributed by atoms with Gasteiger partial charge in [0.25, 0.3) is 0 Å². The van der Waals surface area contributed by atoms with Crippen molar-refractivity contribution < 1.29 is 0 Å². The van der Waals surface area contributed by atoms with E-state index < -0.39 is 0 Å². The number of allylic oxidation sites excluding steroid dienone is 2. The summed E-state index contributed by atoms with van der Waals surface area (Å²) >= 11 is 0. The van der Waals surface area contributed by atoms with Gasteiger partial charge in [0.2, 0.25) is 0 Å². The second-order valence-electron chi connectivity index (χ2n) is 7.77. The minimum absolute atomic E-state index is 1.09. The maximum atomic E-state index is 3.90. The molecule has 0 aromatic carbocycles. The molecule has 0 aliphatic rings. The van der Waals surface area contributed by atoms with Crippen LogP contribution >= 0.6 is 0 Å². The standard InChI is InChI=1S/C25H48/c1-3-5-7-9-11-13-15-17-19-21-23-25-24-22-20-18-16-14-12-10-8-6-4-2/h11,13H,1-10,12,14-25H2. The number of hydrogen-bond acceptors (Lipinski definition) is 0. The van der Waals surface area contributed by atoms with Gasteiger partial charge in [0.05, 0.1) is 0 Å². The van der Waals surface area contributed by atoms with Crippen molar-refractivity contribution >= 4 is 0 Å². The Morgan fingerprint density at radius 1 is 0.320 bits per heavy atom. The zero-order valence-corrected chi connectivity index (χ0v) is 17.4. The molecule has 0 unspecified atom stereocenters. The van der Waals surface area contributed by atoms with Gasteiger partial charge in [-0.15, -0.1) is 0 Å². The Morgan fingerprint density at radius 2 is 0.560 bits per heavy atom. The summed E-state index contributed by atoms with van der Waals surface area (Å²) in [6, 6.07) is 0. The lowest BCUT2D eigenvalue weighted by Gasteiger charge is -2.03. The van der Waals surface area contributed by atoms with Crippen molar-refractivity contribution in [2.45, 2.75) is 135 Å². The van der Waals surface area contributed by atoms with Crippen molar-refractivity contribution in [3.63, 3.8) is 0 Å². The molecule has 0 fully saturated rings. The summed E-state index contributed by atoms with van der Waals surface area (Å²) in [6.45, 7) is 7.79. The van der Waals surface area contributed by atoms with E-state index in [4.69, 9.17) is 0 Å². The monoisotopic (exact) mass is 348 g/mol. The largest absolute Gasteiger partial charge is 0.0885 e. The first-order valence-electron chi connectivity index (χ1n) is 11.6. The highest BCUT2D eigenvalue weighted by molar-refractivity contribution is 4.81. The van der Waals surface area contributed by atoms with Gasteiger partial charge < -0.3 is 0 Å². The summed E-state index contributed by atoms with van der Waals surface area (Å²) in [5, 5.41) is 0. The Morgan fingerprint density at radius 3 is 0.920 bits per heavy atom. The molecule has 0 heteroatoms. The molecule has 0 saturated carbocycles. The van der Waals surface area contributed by atoms with Gasteiger partial charge in [-0.3, -0.25) is 0 Å². The van der Waals surface area contributed by atoms with Crippen molar-refractivity contribution in [1.82, 2.24) is 0 Å². The second-order valence-corrected chi connectivity index (χ2v) is 7.77. The first-order chi connectivity index (χ1) is 12.4. The summed E-state index contributed by atoms with van der Waals surface area (Å²) in [4.78, 5) is 0. The number of unbranched alkanes of at least 4 members (excludes halogenated alkanes) is 19. The molecular formula is C25H48. The normalized spacial score (nSPS) is 11.6. The third-order valence-electron chi connectivity index (χ3n) is 5.16. The van der Waals surface area contributed by atoms with Crippen LogP contribution in [-0.4, -0.2) is 0 Å². The molecule has 0 rings (SSSR count). The summed E-state index contributed by atoms with van der Waals surface area (Å²) < 4.78 is 0. The zero-order valence-electron chi connectivity index (χ0n) is 17.4. The Labute approximate surface area is 161 Å². The molecule has 148 valence electrons. The van der Waals surface area contributed by atoms with E-state index in [2.05, 4.69) is 26.0 Å². The van der Waals surface area contributed by atoms with Crippen molar-refractivity contribution in [3.05, 3.63) is 26.0 Å². The molecule has 0 nitrogen and oxygen atoms in total. The fourth-order valence-electron chi connectivity index (χ4n) is 3.41.